The Morgan fingerprint density at radius 2 is 2.07 bits per heavy atom. The van der Waals surface area contributed by atoms with Crippen molar-refractivity contribution in [2.75, 3.05) is 20.5 Å². The second kappa shape index (κ2) is 4.17. The number of ether oxygens (including phenoxy) is 3. The summed E-state index contributed by atoms with van der Waals surface area (Å²) in [5.74, 6) is 1.99. The van der Waals surface area contributed by atoms with Gasteiger partial charge in [0.25, 0.3) is 0 Å². The smallest absolute Gasteiger partial charge is 0.146 e. The molecule has 2 fully saturated rings. The van der Waals surface area contributed by atoms with Crippen LogP contribution in [0.4, 0.5) is 0 Å². The summed E-state index contributed by atoms with van der Waals surface area (Å²) < 4.78 is 16.2. The van der Waals surface area contributed by atoms with Crippen LogP contribution in [0, 0.1) is 17.8 Å². The Morgan fingerprint density at radius 3 is 2.64 bits per heavy atom. The molecule has 0 spiro atoms. The zero-order valence-corrected chi connectivity index (χ0v) is 9.23. The van der Waals surface area contributed by atoms with Crippen LogP contribution >= 0.6 is 0 Å². The third kappa shape index (κ3) is 1.69. The topological polar surface area (TPSA) is 27.7 Å². The molecule has 2 rings (SSSR count). The molecule has 2 saturated heterocycles. The van der Waals surface area contributed by atoms with Crippen LogP contribution in [0.3, 0.4) is 0 Å². The van der Waals surface area contributed by atoms with Gasteiger partial charge in [0.15, 0.2) is 0 Å². The second-order valence-electron chi connectivity index (χ2n) is 4.63. The first-order valence-corrected chi connectivity index (χ1v) is 5.46. The molecule has 82 valence electrons. The first-order chi connectivity index (χ1) is 6.74. The average Bonchev–Trinajstić information content (AvgIpc) is 2.69. The fraction of sp³-hybridized carbons (Fsp3) is 1.00. The van der Waals surface area contributed by atoms with E-state index in [2.05, 4.69) is 13.8 Å². The molecule has 0 saturated carbocycles. The first kappa shape index (κ1) is 10.4. The fourth-order valence-corrected chi connectivity index (χ4v) is 2.78. The van der Waals surface area contributed by atoms with Gasteiger partial charge in [-0.2, -0.15) is 0 Å². The Bertz CT molecular complexity index is 193. The molecule has 3 heteroatoms. The van der Waals surface area contributed by atoms with Crippen LogP contribution in [0.15, 0.2) is 0 Å². The predicted molar refractivity (Wildman–Crippen MR) is 52.9 cm³/mol. The zero-order valence-electron chi connectivity index (χ0n) is 9.23. The lowest BCUT2D eigenvalue weighted by Gasteiger charge is -2.27. The monoisotopic (exact) mass is 200 g/mol. The predicted octanol–water partition coefficient (Wildman–Crippen LogP) is 1.67. The third-order valence-corrected chi connectivity index (χ3v) is 3.80. The van der Waals surface area contributed by atoms with Crippen molar-refractivity contribution in [2.24, 2.45) is 17.8 Å². The van der Waals surface area contributed by atoms with Crippen molar-refractivity contribution in [1.29, 1.82) is 0 Å². The van der Waals surface area contributed by atoms with Crippen molar-refractivity contribution in [3.63, 3.8) is 0 Å². The molecule has 0 aromatic rings. The molecule has 0 N–H and O–H groups in total. The van der Waals surface area contributed by atoms with E-state index >= 15 is 0 Å². The van der Waals surface area contributed by atoms with Gasteiger partial charge in [0.1, 0.15) is 6.79 Å². The lowest BCUT2D eigenvalue weighted by molar-refractivity contribution is -0.0544. The highest BCUT2D eigenvalue weighted by molar-refractivity contribution is 4.97. The van der Waals surface area contributed by atoms with Crippen molar-refractivity contribution in [3.05, 3.63) is 0 Å². The van der Waals surface area contributed by atoms with E-state index in [1.54, 1.807) is 7.11 Å². The van der Waals surface area contributed by atoms with Crippen molar-refractivity contribution >= 4 is 0 Å². The van der Waals surface area contributed by atoms with Gasteiger partial charge in [0.2, 0.25) is 0 Å². The number of methoxy groups -OCH3 is 1. The maximum atomic E-state index is 5.92. The third-order valence-electron chi connectivity index (χ3n) is 3.80. The standard InChI is InChI=1S/C11H20O3/c1-7-8(2)11-9(4-10(7)14-11)5-13-6-12-3/h7-11H,4-6H2,1-3H3. The van der Waals surface area contributed by atoms with Crippen molar-refractivity contribution in [1.82, 2.24) is 0 Å². The van der Waals surface area contributed by atoms with E-state index in [0.29, 0.717) is 30.8 Å². The summed E-state index contributed by atoms with van der Waals surface area (Å²) in [6, 6.07) is 0. The maximum absolute atomic E-state index is 5.92. The van der Waals surface area contributed by atoms with Gasteiger partial charge in [-0.05, 0) is 18.3 Å². The fourth-order valence-electron chi connectivity index (χ4n) is 2.78. The number of hydrogen-bond donors (Lipinski definition) is 0. The lowest BCUT2D eigenvalue weighted by atomic mass is 9.76. The molecule has 0 radical (unpaired) electrons. The first-order valence-electron chi connectivity index (χ1n) is 5.46. The minimum atomic E-state index is 0.401. The van der Waals surface area contributed by atoms with E-state index in [1.165, 1.54) is 6.42 Å². The van der Waals surface area contributed by atoms with Gasteiger partial charge in [-0.1, -0.05) is 13.8 Å². The SMILES string of the molecule is COCOCC1CC2OC1C(C)C2C. The second-order valence-corrected chi connectivity index (χ2v) is 4.63. The van der Waals surface area contributed by atoms with Crippen LogP contribution in [0.1, 0.15) is 20.3 Å². The van der Waals surface area contributed by atoms with Crippen LogP contribution in [0.5, 0.6) is 0 Å². The van der Waals surface area contributed by atoms with Gasteiger partial charge in [0, 0.05) is 13.0 Å². The Kier molecular flexibility index (Phi) is 3.10. The maximum Gasteiger partial charge on any atom is 0.146 e. The normalized spacial score (nSPS) is 46.1. The Hall–Kier alpha value is -0.120. The van der Waals surface area contributed by atoms with Crippen LogP contribution in [-0.2, 0) is 14.2 Å². The van der Waals surface area contributed by atoms with E-state index in [4.69, 9.17) is 14.2 Å². The molecule has 2 heterocycles. The molecule has 0 aromatic carbocycles. The molecule has 2 aliphatic heterocycles. The molecule has 14 heavy (non-hydrogen) atoms. The highest BCUT2D eigenvalue weighted by Crippen LogP contribution is 2.46. The molecule has 0 aromatic heterocycles. The molecule has 5 atom stereocenters. The Morgan fingerprint density at radius 1 is 1.29 bits per heavy atom. The quantitative estimate of drug-likeness (QED) is 0.510. The molecule has 5 unspecified atom stereocenters. The van der Waals surface area contributed by atoms with Gasteiger partial charge < -0.3 is 14.2 Å². The minimum Gasteiger partial charge on any atom is -0.374 e. The molecule has 2 aliphatic rings. The van der Waals surface area contributed by atoms with Gasteiger partial charge in [-0.15, -0.1) is 0 Å². The van der Waals surface area contributed by atoms with Crippen molar-refractivity contribution in [3.8, 4) is 0 Å². The van der Waals surface area contributed by atoms with E-state index in [9.17, 15) is 0 Å². The number of fused-ring (bicyclic) bond motifs is 2. The summed E-state index contributed by atoms with van der Waals surface area (Å²) in [6.45, 7) is 5.77. The summed E-state index contributed by atoms with van der Waals surface area (Å²) in [5, 5.41) is 0. The van der Waals surface area contributed by atoms with E-state index in [1.807, 2.05) is 0 Å². The molecular weight excluding hydrogens is 180 g/mol. The zero-order chi connectivity index (χ0) is 10.1. The van der Waals surface area contributed by atoms with Crippen molar-refractivity contribution in [2.45, 2.75) is 32.5 Å². The van der Waals surface area contributed by atoms with Gasteiger partial charge >= 0.3 is 0 Å². The minimum absolute atomic E-state index is 0.401. The lowest BCUT2D eigenvalue weighted by Crippen LogP contribution is -2.32. The van der Waals surface area contributed by atoms with Gasteiger partial charge in [0.05, 0.1) is 18.8 Å². The highest BCUT2D eigenvalue weighted by atomic mass is 16.7. The molecule has 0 aliphatic carbocycles. The average molecular weight is 200 g/mol. The summed E-state index contributed by atoms with van der Waals surface area (Å²) >= 11 is 0. The largest absolute Gasteiger partial charge is 0.374 e. The van der Waals surface area contributed by atoms with Crippen LogP contribution in [0.25, 0.3) is 0 Å². The Labute approximate surface area is 85.7 Å². The van der Waals surface area contributed by atoms with E-state index < -0.39 is 0 Å². The molecule has 2 bridgehead atoms. The summed E-state index contributed by atoms with van der Waals surface area (Å²) in [6.07, 6.45) is 2.07. The van der Waals surface area contributed by atoms with E-state index in [0.717, 1.165) is 12.5 Å². The number of rotatable bonds is 4. The molecule has 3 nitrogen and oxygen atoms in total. The summed E-state index contributed by atoms with van der Waals surface area (Å²) in [7, 11) is 1.65. The van der Waals surface area contributed by atoms with Crippen LogP contribution < -0.4 is 0 Å². The highest BCUT2D eigenvalue weighted by Gasteiger charge is 2.49. The van der Waals surface area contributed by atoms with Crippen molar-refractivity contribution < 1.29 is 14.2 Å². The Balaban J connectivity index is 1.81. The summed E-state index contributed by atoms with van der Waals surface area (Å²) in [5.41, 5.74) is 0. The van der Waals surface area contributed by atoms with Crippen LogP contribution in [-0.4, -0.2) is 32.7 Å². The van der Waals surface area contributed by atoms with Gasteiger partial charge in [-0.3, -0.25) is 0 Å². The molecular formula is C11H20O3. The van der Waals surface area contributed by atoms with E-state index in [-0.39, 0.29) is 0 Å². The molecule has 0 amide bonds. The van der Waals surface area contributed by atoms with Crippen LogP contribution in [0.2, 0.25) is 0 Å². The van der Waals surface area contributed by atoms with Gasteiger partial charge in [-0.25, -0.2) is 0 Å². The summed E-state index contributed by atoms with van der Waals surface area (Å²) in [4.78, 5) is 0. The number of hydrogen-bond acceptors (Lipinski definition) is 3.